The number of carboxylic acids is 2. The first-order valence-electron chi connectivity index (χ1n) is 1.86. The molecule has 2 N–H and O–H groups in total. The van der Waals surface area contributed by atoms with Crippen LogP contribution in [0.3, 0.4) is 0 Å². The van der Waals surface area contributed by atoms with Gasteiger partial charge in [-0.15, -0.1) is 0 Å². The smallest absolute Gasteiger partial charge is 0.300 e. The second kappa shape index (κ2) is 16.0. The average Bonchev–Trinajstić information content (AvgIpc) is 1.25. The molecule has 0 aliphatic carbocycles. The molecule has 1 radical (unpaired) electrons. The summed E-state index contributed by atoms with van der Waals surface area (Å²) >= 11 is 0. The van der Waals surface area contributed by atoms with E-state index in [1.807, 2.05) is 0 Å². The number of rotatable bonds is 0. The Morgan fingerprint density at radius 2 is 1.00 bits per heavy atom. The molecule has 67 valence electrons. The average molecular weight is 285 g/mol. The summed E-state index contributed by atoms with van der Waals surface area (Å²) in [5.41, 5.74) is 0. The molecule has 0 fully saturated rings. The molecule has 0 saturated carbocycles. The van der Waals surface area contributed by atoms with Gasteiger partial charge in [0.2, 0.25) is 0 Å². The van der Waals surface area contributed by atoms with Gasteiger partial charge in [0.15, 0.2) is 0 Å². The van der Waals surface area contributed by atoms with Crippen LogP contribution < -0.4 is 0 Å². The van der Waals surface area contributed by atoms with Crippen molar-refractivity contribution in [3.8, 4) is 0 Å². The first kappa shape index (κ1) is 22.5. The number of hydrogen-bond donors (Lipinski definition) is 2. The van der Waals surface area contributed by atoms with Crippen molar-refractivity contribution < 1.29 is 57.0 Å². The fraction of sp³-hybridized carbons (Fsp3) is 0.500. The second-order valence-electron chi connectivity index (χ2n) is 1.04. The first-order valence-corrected chi connectivity index (χ1v) is 1.86. The van der Waals surface area contributed by atoms with Gasteiger partial charge in [0, 0.05) is 51.0 Å². The molecule has 0 heterocycles. The van der Waals surface area contributed by atoms with Crippen LogP contribution in [0.4, 0.5) is 0 Å². The standard InChI is InChI=1S/2C2H4O2.Co.Pd/c2*1-2(3)4;;/h2*1H3,(H,3,4);;. The van der Waals surface area contributed by atoms with Gasteiger partial charge in [0.1, 0.15) is 0 Å². The molecular weight excluding hydrogens is 277 g/mol. The maximum Gasteiger partial charge on any atom is 0.300 e. The van der Waals surface area contributed by atoms with Crippen LogP contribution in [0.1, 0.15) is 13.8 Å². The third-order valence-corrected chi connectivity index (χ3v) is 0. The summed E-state index contributed by atoms with van der Waals surface area (Å²) in [5, 5.41) is 14.8. The Morgan fingerprint density at radius 1 is 1.00 bits per heavy atom. The van der Waals surface area contributed by atoms with E-state index in [4.69, 9.17) is 19.8 Å². The first-order chi connectivity index (χ1) is 3.46. The van der Waals surface area contributed by atoms with Crippen LogP contribution in [0, 0.1) is 0 Å². The Bertz CT molecular complexity index is 75.3. The van der Waals surface area contributed by atoms with Gasteiger partial charge in [-0.2, -0.15) is 0 Å². The number of carbonyl (C=O) groups is 2. The molecule has 0 atom stereocenters. The molecule has 0 rings (SSSR count). The summed E-state index contributed by atoms with van der Waals surface area (Å²) < 4.78 is 0. The molecule has 0 aliphatic heterocycles. The zero-order chi connectivity index (χ0) is 7.15. The Kier molecular flexibility index (Phi) is 36.1. The van der Waals surface area contributed by atoms with E-state index >= 15 is 0 Å². The van der Waals surface area contributed by atoms with Crippen LogP contribution >= 0.6 is 0 Å². The van der Waals surface area contributed by atoms with Gasteiger partial charge in [-0.25, -0.2) is 0 Å². The van der Waals surface area contributed by atoms with Crippen molar-refractivity contribution in [2.45, 2.75) is 13.8 Å². The number of aliphatic carboxylic acids is 2. The van der Waals surface area contributed by atoms with Crippen molar-refractivity contribution in [3.63, 3.8) is 0 Å². The monoisotopic (exact) mass is 285 g/mol. The molecule has 6 heteroatoms. The molecule has 0 bridgehead atoms. The minimum absolute atomic E-state index is 0. The molecule has 0 unspecified atom stereocenters. The molecule has 0 saturated heterocycles. The maximum atomic E-state index is 9.00. The van der Waals surface area contributed by atoms with Gasteiger partial charge in [0.25, 0.3) is 11.9 Å². The van der Waals surface area contributed by atoms with Gasteiger partial charge in [-0.3, -0.25) is 9.59 Å². The Hall–Kier alpha value is 0.109. The fourth-order valence-corrected chi connectivity index (χ4v) is 0. The van der Waals surface area contributed by atoms with E-state index in [1.165, 1.54) is 0 Å². The summed E-state index contributed by atoms with van der Waals surface area (Å²) in [6.45, 7) is 2.17. The van der Waals surface area contributed by atoms with Crippen molar-refractivity contribution in [2.24, 2.45) is 0 Å². The summed E-state index contributed by atoms with van der Waals surface area (Å²) in [6.07, 6.45) is 0. The second-order valence-corrected chi connectivity index (χ2v) is 1.04. The van der Waals surface area contributed by atoms with Crippen molar-refractivity contribution >= 4 is 11.9 Å². The topological polar surface area (TPSA) is 74.6 Å². The molecule has 0 spiro atoms. The van der Waals surface area contributed by atoms with E-state index in [1.54, 1.807) is 0 Å². The van der Waals surface area contributed by atoms with Crippen LogP contribution in [0.15, 0.2) is 0 Å². The van der Waals surface area contributed by atoms with Crippen molar-refractivity contribution in [3.05, 3.63) is 0 Å². The van der Waals surface area contributed by atoms with Crippen LogP contribution in [0.25, 0.3) is 0 Å². The van der Waals surface area contributed by atoms with E-state index in [2.05, 4.69) is 0 Å². The number of carboxylic acid groups (broad SMARTS) is 2. The molecule has 0 aromatic carbocycles. The Labute approximate surface area is 82.9 Å². The van der Waals surface area contributed by atoms with E-state index < -0.39 is 11.9 Å². The van der Waals surface area contributed by atoms with Crippen molar-refractivity contribution in [2.75, 3.05) is 0 Å². The van der Waals surface area contributed by atoms with Gasteiger partial charge < -0.3 is 10.2 Å². The minimum Gasteiger partial charge on any atom is -0.481 e. The summed E-state index contributed by atoms with van der Waals surface area (Å²) in [6, 6.07) is 0. The molecule has 0 aliphatic rings. The van der Waals surface area contributed by atoms with Gasteiger partial charge in [-0.05, 0) is 0 Å². The molecule has 0 aromatic rings. The molecule has 0 aromatic heterocycles. The number of hydrogen-bond acceptors (Lipinski definition) is 2. The van der Waals surface area contributed by atoms with Crippen molar-refractivity contribution in [1.29, 1.82) is 0 Å². The van der Waals surface area contributed by atoms with Crippen LogP contribution in [-0.2, 0) is 46.8 Å². The van der Waals surface area contributed by atoms with E-state index in [0.717, 1.165) is 13.8 Å². The van der Waals surface area contributed by atoms with Crippen LogP contribution in [-0.4, -0.2) is 22.2 Å². The van der Waals surface area contributed by atoms with E-state index in [0.29, 0.717) is 0 Å². The Morgan fingerprint density at radius 3 is 1.00 bits per heavy atom. The quantitative estimate of drug-likeness (QED) is 0.623. The third-order valence-electron chi connectivity index (χ3n) is 0. The zero-order valence-corrected chi connectivity index (χ0v) is 7.96. The van der Waals surface area contributed by atoms with Gasteiger partial charge in [-0.1, -0.05) is 0 Å². The third kappa shape index (κ3) is 34600. The van der Waals surface area contributed by atoms with Crippen LogP contribution in [0.2, 0.25) is 0 Å². The predicted octanol–water partition coefficient (Wildman–Crippen LogP) is 0.177. The largest absolute Gasteiger partial charge is 0.481 e. The summed E-state index contributed by atoms with van der Waals surface area (Å²) in [4.78, 5) is 18.0. The maximum absolute atomic E-state index is 9.00. The normalized spacial score (nSPS) is 5.00. The van der Waals surface area contributed by atoms with Gasteiger partial charge >= 0.3 is 0 Å². The Balaban J connectivity index is -0.0000000300. The predicted molar refractivity (Wildman–Crippen MR) is 26.6 cm³/mol. The molecular formula is C4H8CoO4Pd. The molecule has 10 heavy (non-hydrogen) atoms. The van der Waals surface area contributed by atoms with E-state index in [-0.39, 0.29) is 37.2 Å². The molecule has 0 amide bonds. The fourth-order valence-electron chi connectivity index (χ4n) is 0. The SMILES string of the molecule is CC(=O)O.CC(=O)O.[Co].[Pd]. The van der Waals surface area contributed by atoms with Crippen molar-refractivity contribution in [1.82, 2.24) is 0 Å². The minimum atomic E-state index is -0.833. The summed E-state index contributed by atoms with van der Waals surface area (Å²) in [7, 11) is 0. The van der Waals surface area contributed by atoms with Gasteiger partial charge in [0.05, 0.1) is 0 Å². The summed E-state index contributed by atoms with van der Waals surface area (Å²) in [5.74, 6) is -1.67. The van der Waals surface area contributed by atoms with Crippen LogP contribution in [0.5, 0.6) is 0 Å². The van der Waals surface area contributed by atoms with E-state index in [9.17, 15) is 0 Å². The zero-order valence-electron chi connectivity index (χ0n) is 5.36. The molecule has 4 nitrogen and oxygen atoms in total.